The lowest BCUT2D eigenvalue weighted by Gasteiger charge is -2.19. The number of aliphatic hydroxyl groups is 1. The number of carbonyl (C=O) groups is 2. The topological polar surface area (TPSA) is 82.5 Å². The van der Waals surface area contributed by atoms with Crippen LogP contribution in [0.25, 0.3) is 0 Å². The molecule has 6 heteroatoms. The highest BCUT2D eigenvalue weighted by atomic mass is 16.2. The van der Waals surface area contributed by atoms with E-state index in [0.29, 0.717) is 12.1 Å². The Morgan fingerprint density at radius 3 is 2.85 bits per heavy atom. The summed E-state index contributed by atoms with van der Waals surface area (Å²) in [5.41, 5.74) is 0.612. The molecule has 2 N–H and O–H groups in total. The third-order valence-corrected chi connectivity index (χ3v) is 2.59. The molecule has 0 spiro atoms. The third kappa shape index (κ3) is 4.07. The fourth-order valence-electron chi connectivity index (χ4n) is 1.54. The number of nitrogens with one attached hydrogen (secondary N) is 1. The maximum Gasteiger partial charge on any atom is 0.274 e. The number of aromatic nitrogens is 1. The molecule has 2 amide bonds. The van der Waals surface area contributed by atoms with Gasteiger partial charge in [0, 0.05) is 19.8 Å². The van der Waals surface area contributed by atoms with E-state index >= 15 is 0 Å². The molecule has 1 heterocycles. The van der Waals surface area contributed by atoms with Gasteiger partial charge < -0.3 is 15.3 Å². The number of aliphatic hydroxyl groups excluding tert-OH is 1. The minimum Gasteiger partial charge on any atom is -0.384 e. The summed E-state index contributed by atoms with van der Waals surface area (Å²) in [6.45, 7) is 1.84. The van der Waals surface area contributed by atoms with Gasteiger partial charge in [-0.15, -0.1) is 0 Å². The number of pyridine rings is 1. The predicted octanol–water partition coefficient (Wildman–Crippen LogP) is -0.367. The van der Waals surface area contributed by atoms with Crippen LogP contribution in [0.4, 0.5) is 0 Å². The summed E-state index contributed by atoms with van der Waals surface area (Å²) < 4.78 is 0. The molecule has 0 saturated carbocycles. The van der Waals surface area contributed by atoms with Crippen molar-refractivity contribution >= 4 is 11.8 Å². The zero-order chi connectivity index (χ0) is 15.0. The molecule has 1 aromatic heterocycles. The van der Waals surface area contributed by atoms with Crippen LogP contribution in [0.2, 0.25) is 0 Å². The van der Waals surface area contributed by atoms with Gasteiger partial charge in [0.15, 0.2) is 0 Å². The molecule has 0 radical (unpaired) electrons. The molecule has 0 atom stereocenters. The van der Waals surface area contributed by atoms with Crippen molar-refractivity contribution in [2.24, 2.45) is 0 Å². The normalized spacial score (nSPS) is 9.35. The average molecular weight is 275 g/mol. The summed E-state index contributed by atoms with van der Waals surface area (Å²) in [5.74, 6) is 4.55. The zero-order valence-electron chi connectivity index (χ0n) is 11.5. The number of carbonyl (C=O) groups excluding carboxylic acids is 2. The average Bonchev–Trinajstić information content (AvgIpc) is 2.49. The Labute approximate surface area is 117 Å². The van der Waals surface area contributed by atoms with Crippen molar-refractivity contribution in [2.45, 2.75) is 6.92 Å². The molecule has 0 fully saturated rings. The lowest BCUT2D eigenvalue weighted by molar-refractivity contribution is -0.121. The van der Waals surface area contributed by atoms with Crippen molar-refractivity contribution in [2.75, 3.05) is 26.7 Å². The standard InChI is InChI=1S/C14H17N3O3/c1-3-17(10-12(19)15-2)14(20)13-11(7-5-9-18)6-4-8-16-13/h4,6,8,18H,3,9-10H2,1-2H3,(H,15,19). The maximum absolute atomic E-state index is 12.4. The molecule has 0 aliphatic rings. The Bertz CT molecular complexity index is 546. The lowest BCUT2D eigenvalue weighted by atomic mass is 10.1. The second kappa shape index (κ2) is 7.92. The van der Waals surface area contributed by atoms with Crippen LogP contribution in [0, 0.1) is 11.8 Å². The van der Waals surface area contributed by atoms with E-state index in [4.69, 9.17) is 5.11 Å². The molecule has 0 bridgehead atoms. The second-order valence-corrected chi connectivity index (χ2v) is 3.85. The summed E-state index contributed by atoms with van der Waals surface area (Å²) in [5, 5.41) is 11.2. The van der Waals surface area contributed by atoms with Crippen molar-refractivity contribution in [1.29, 1.82) is 0 Å². The van der Waals surface area contributed by atoms with Crippen LogP contribution in [0.1, 0.15) is 23.0 Å². The number of hydrogen-bond donors (Lipinski definition) is 2. The monoisotopic (exact) mass is 275 g/mol. The van der Waals surface area contributed by atoms with E-state index in [0.717, 1.165) is 0 Å². The van der Waals surface area contributed by atoms with Crippen molar-refractivity contribution in [3.05, 3.63) is 29.6 Å². The Morgan fingerprint density at radius 2 is 2.25 bits per heavy atom. The van der Waals surface area contributed by atoms with E-state index in [1.54, 1.807) is 19.1 Å². The molecule has 0 aromatic carbocycles. The van der Waals surface area contributed by atoms with Crippen LogP contribution in [-0.4, -0.2) is 53.5 Å². The molecule has 0 aliphatic carbocycles. The predicted molar refractivity (Wildman–Crippen MR) is 73.8 cm³/mol. The molecule has 1 rings (SSSR count). The van der Waals surface area contributed by atoms with E-state index in [9.17, 15) is 9.59 Å². The number of nitrogens with zero attached hydrogens (tertiary/aromatic N) is 2. The molecule has 0 aliphatic heterocycles. The molecular formula is C14H17N3O3. The summed E-state index contributed by atoms with van der Waals surface area (Å²) in [7, 11) is 1.51. The van der Waals surface area contributed by atoms with Crippen LogP contribution in [0.3, 0.4) is 0 Å². The van der Waals surface area contributed by atoms with Crippen molar-refractivity contribution in [3.8, 4) is 11.8 Å². The molecule has 6 nitrogen and oxygen atoms in total. The fraction of sp³-hybridized carbons (Fsp3) is 0.357. The Morgan fingerprint density at radius 1 is 1.50 bits per heavy atom. The van der Waals surface area contributed by atoms with E-state index in [2.05, 4.69) is 22.1 Å². The number of amides is 2. The van der Waals surface area contributed by atoms with Crippen molar-refractivity contribution < 1.29 is 14.7 Å². The first-order valence-corrected chi connectivity index (χ1v) is 6.18. The Hall–Kier alpha value is -2.39. The van der Waals surface area contributed by atoms with Crippen LogP contribution in [0.15, 0.2) is 18.3 Å². The Balaban J connectivity index is 3.03. The Kier molecular flexibility index (Phi) is 6.20. The van der Waals surface area contributed by atoms with Gasteiger partial charge in [-0.3, -0.25) is 9.59 Å². The van der Waals surface area contributed by atoms with Gasteiger partial charge in [-0.05, 0) is 19.1 Å². The quantitative estimate of drug-likeness (QED) is 0.735. The highest BCUT2D eigenvalue weighted by Crippen LogP contribution is 2.07. The summed E-state index contributed by atoms with van der Waals surface area (Å²) in [6.07, 6.45) is 1.49. The summed E-state index contributed by atoms with van der Waals surface area (Å²) in [6, 6.07) is 3.31. The second-order valence-electron chi connectivity index (χ2n) is 3.85. The van der Waals surface area contributed by atoms with Crippen LogP contribution in [0.5, 0.6) is 0 Å². The number of rotatable bonds is 4. The molecule has 106 valence electrons. The SMILES string of the molecule is CCN(CC(=O)NC)C(=O)c1ncccc1C#CCO. The van der Waals surface area contributed by atoms with E-state index in [1.165, 1.54) is 18.1 Å². The minimum absolute atomic E-state index is 0.0325. The molecule has 0 unspecified atom stereocenters. The van der Waals surface area contributed by atoms with Gasteiger partial charge in [-0.1, -0.05) is 11.8 Å². The van der Waals surface area contributed by atoms with Gasteiger partial charge in [0.1, 0.15) is 12.3 Å². The molecule has 20 heavy (non-hydrogen) atoms. The van der Waals surface area contributed by atoms with Crippen LogP contribution >= 0.6 is 0 Å². The van der Waals surface area contributed by atoms with Gasteiger partial charge in [0.25, 0.3) is 5.91 Å². The van der Waals surface area contributed by atoms with Gasteiger partial charge in [0.2, 0.25) is 5.91 Å². The van der Waals surface area contributed by atoms with Crippen molar-refractivity contribution in [1.82, 2.24) is 15.2 Å². The number of likely N-dealkylation sites (N-methyl/N-ethyl adjacent to an activating group) is 2. The lowest BCUT2D eigenvalue weighted by Crippen LogP contribution is -2.40. The smallest absolute Gasteiger partial charge is 0.274 e. The van der Waals surface area contributed by atoms with E-state index < -0.39 is 0 Å². The molecule has 0 saturated heterocycles. The molecule has 1 aromatic rings. The van der Waals surface area contributed by atoms with Gasteiger partial charge >= 0.3 is 0 Å². The van der Waals surface area contributed by atoms with Gasteiger partial charge in [-0.2, -0.15) is 0 Å². The first-order valence-electron chi connectivity index (χ1n) is 6.18. The third-order valence-electron chi connectivity index (χ3n) is 2.59. The van der Waals surface area contributed by atoms with Gasteiger partial charge in [-0.25, -0.2) is 4.98 Å². The highest BCUT2D eigenvalue weighted by molar-refractivity contribution is 5.96. The van der Waals surface area contributed by atoms with Crippen LogP contribution in [-0.2, 0) is 4.79 Å². The molecular weight excluding hydrogens is 258 g/mol. The number of hydrogen-bond acceptors (Lipinski definition) is 4. The van der Waals surface area contributed by atoms with E-state index in [-0.39, 0.29) is 30.7 Å². The maximum atomic E-state index is 12.4. The summed E-state index contributed by atoms with van der Waals surface area (Å²) in [4.78, 5) is 29.2. The zero-order valence-corrected chi connectivity index (χ0v) is 11.5. The first kappa shape index (κ1) is 15.7. The van der Waals surface area contributed by atoms with Crippen molar-refractivity contribution in [3.63, 3.8) is 0 Å². The summed E-state index contributed by atoms with van der Waals surface area (Å²) >= 11 is 0. The minimum atomic E-state index is -0.362. The first-order chi connectivity index (χ1) is 9.63. The fourth-order valence-corrected chi connectivity index (χ4v) is 1.54. The van der Waals surface area contributed by atoms with Crippen LogP contribution < -0.4 is 5.32 Å². The highest BCUT2D eigenvalue weighted by Gasteiger charge is 2.20. The van der Waals surface area contributed by atoms with E-state index in [1.807, 2.05) is 0 Å². The largest absolute Gasteiger partial charge is 0.384 e. The van der Waals surface area contributed by atoms with Gasteiger partial charge in [0.05, 0.1) is 12.1 Å².